The van der Waals surface area contributed by atoms with E-state index >= 15 is 0 Å². The summed E-state index contributed by atoms with van der Waals surface area (Å²) in [5.41, 5.74) is 0. The first-order chi connectivity index (χ1) is 23.2. The van der Waals surface area contributed by atoms with Crippen LogP contribution < -0.4 is 5.32 Å². The van der Waals surface area contributed by atoms with Crippen molar-refractivity contribution in [1.29, 1.82) is 0 Å². The molecular formula is C26H45NO22. The summed E-state index contributed by atoms with van der Waals surface area (Å²) in [6.07, 6.45) is -33.6. The van der Waals surface area contributed by atoms with Gasteiger partial charge < -0.3 is 110 Å². The lowest BCUT2D eigenvalue weighted by Crippen LogP contribution is -2.67. The van der Waals surface area contributed by atoms with Gasteiger partial charge in [-0.25, -0.2) is 0 Å². The second-order valence-corrected chi connectivity index (χ2v) is 11.9. The number of hydrogen-bond acceptors (Lipinski definition) is 22. The Morgan fingerprint density at radius 3 is 1.80 bits per heavy atom. The quantitative estimate of drug-likeness (QED) is 0.0838. The summed E-state index contributed by atoms with van der Waals surface area (Å²) in [6, 6.07) is -1.66. The van der Waals surface area contributed by atoms with Crippen molar-refractivity contribution >= 4 is 5.91 Å². The highest BCUT2D eigenvalue weighted by Gasteiger charge is 2.54. The molecule has 15 N–H and O–H groups in total. The van der Waals surface area contributed by atoms with Gasteiger partial charge in [0.2, 0.25) is 5.91 Å². The van der Waals surface area contributed by atoms with Crippen LogP contribution in [0.25, 0.3) is 0 Å². The summed E-state index contributed by atoms with van der Waals surface area (Å²) in [6.45, 7) is -4.39. The van der Waals surface area contributed by atoms with Gasteiger partial charge in [-0.2, -0.15) is 0 Å². The maximum absolute atomic E-state index is 11.9. The highest BCUT2D eigenvalue weighted by Crippen LogP contribution is 2.33. The van der Waals surface area contributed by atoms with E-state index in [1.165, 1.54) is 0 Å². The maximum atomic E-state index is 11.9. The second-order valence-electron chi connectivity index (χ2n) is 11.9. The molecule has 0 aromatic rings. The number of aliphatic hydroxyl groups is 14. The van der Waals surface area contributed by atoms with E-state index in [-0.39, 0.29) is 0 Å². The van der Waals surface area contributed by atoms with Crippen molar-refractivity contribution in [1.82, 2.24) is 5.32 Å². The smallest absolute Gasteiger partial charge is 0.246 e. The molecule has 1 amide bonds. The number of carbonyl (C=O) groups is 1. The number of ether oxygens (including phenoxy) is 7. The molecule has 0 bridgehead atoms. The lowest BCUT2D eigenvalue weighted by atomic mass is 9.96. The minimum absolute atomic E-state index is 0.781. The molecule has 0 unspecified atom stereocenters. The number of aliphatic hydroxyl groups excluding tert-OH is 14. The van der Waals surface area contributed by atoms with Gasteiger partial charge in [0.05, 0.1) is 26.4 Å². The molecule has 49 heavy (non-hydrogen) atoms. The average molecular weight is 724 g/mol. The maximum Gasteiger partial charge on any atom is 0.246 e. The third kappa shape index (κ3) is 8.65. The highest BCUT2D eigenvalue weighted by molar-refractivity contribution is 5.77. The molecule has 0 aromatic heterocycles. The SMILES string of the molecule is O=C(CO)N[C@@H]1[C@H](O)[C@@H](O[C@@H]2O[C@@H]([C@H](O)CO)[C@H](O)[C@H]2O)[C@H](CO[C@H]2O[C@@H](CO)[C@@H](O)[C@@H](O[C@H]3O[C@@H](CO)[C@@H](O)[C@H](O)[C@@H]3O)[C@@H]2O)O[C@H]1O. The van der Waals surface area contributed by atoms with Gasteiger partial charge in [-0.3, -0.25) is 4.79 Å². The van der Waals surface area contributed by atoms with Crippen LogP contribution in [0.4, 0.5) is 0 Å². The summed E-state index contributed by atoms with van der Waals surface area (Å²) in [4.78, 5) is 11.9. The zero-order valence-electron chi connectivity index (χ0n) is 25.6. The normalized spacial score (nSPS) is 48.3. The van der Waals surface area contributed by atoms with E-state index < -0.39 is 162 Å². The van der Waals surface area contributed by atoms with Gasteiger partial charge in [0, 0.05) is 0 Å². The van der Waals surface area contributed by atoms with Crippen molar-refractivity contribution in [3.05, 3.63) is 0 Å². The summed E-state index contributed by atoms with van der Waals surface area (Å²) >= 11 is 0. The van der Waals surface area contributed by atoms with Gasteiger partial charge in [-0.1, -0.05) is 0 Å². The van der Waals surface area contributed by atoms with Crippen molar-refractivity contribution in [2.24, 2.45) is 0 Å². The van der Waals surface area contributed by atoms with Gasteiger partial charge in [0.1, 0.15) is 104 Å². The van der Waals surface area contributed by atoms with Gasteiger partial charge in [-0.15, -0.1) is 0 Å². The number of amides is 1. The molecule has 4 saturated heterocycles. The standard InChI is InChI=1S/C26H45NO22/c28-1-6(32)20-16(38)18(40)26(47-20)48-21-9(44-23(42)11(14(21)36)27-10(33)4-31)5-43-24-19(41)22(13(35)8(3-30)45-24)49-25-17(39)15(37)12(34)7(2-29)46-25/h6-9,11-26,28-32,34-42H,1-5H2,(H,27,33)/t6-,7+,8+,9+,11-,12-,13-,14+,15+,16-,17+,18-,19+,20+,21+,22-,23-,24+,25-,26+/m1/s1. The molecule has 286 valence electrons. The fourth-order valence-corrected chi connectivity index (χ4v) is 5.86. The van der Waals surface area contributed by atoms with Crippen LogP contribution in [0.3, 0.4) is 0 Å². The third-order valence-corrected chi connectivity index (χ3v) is 8.66. The minimum atomic E-state index is -1.99. The lowest BCUT2D eigenvalue weighted by molar-refractivity contribution is -0.365. The summed E-state index contributed by atoms with van der Waals surface area (Å²) < 4.78 is 38.3. The molecule has 20 atom stereocenters. The monoisotopic (exact) mass is 723 g/mol. The van der Waals surface area contributed by atoms with Crippen molar-refractivity contribution in [3.8, 4) is 0 Å². The van der Waals surface area contributed by atoms with Crippen LogP contribution in [-0.4, -0.2) is 233 Å². The third-order valence-electron chi connectivity index (χ3n) is 8.66. The van der Waals surface area contributed by atoms with E-state index in [4.69, 9.17) is 38.3 Å². The van der Waals surface area contributed by atoms with E-state index in [0.29, 0.717) is 0 Å². The Balaban J connectivity index is 1.52. The Labute approximate surface area is 276 Å². The second kappa shape index (κ2) is 17.4. The van der Waals surface area contributed by atoms with E-state index in [2.05, 4.69) is 5.32 Å². The van der Waals surface area contributed by atoms with E-state index in [1.54, 1.807) is 0 Å². The van der Waals surface area contributed by atoms with Crippen molar-refractivity contribution in [3.63, 3.8) is 0 Å². The number of rotatable bonds is 13. The first kappa shape index (κ1) is 40.4. The molecule has 0 radical (unpaired) electrons. The Morgan fingerprint density at radius 2 is 1.18 bits per heavy atom. The molecule has 0 aromatic carbocycles. The van der Waals surface area contributed by atoms with Gasteiger partial charge in [0.25, 0.3) is 0 Å². The predicted octanol–water partition coefficient (Wildman–Crippen LogP) is -10.6. The van der Waals surface area contributed by atoms with Crippen LogP contribution in [0, 0.1) is 0 Å². The first-order valence-electron chi connectivity index (χ1n) is 15.3. The van der Waals surface area contributed by atoms with Crippen LogP contribution in [0.1, 0.15) is 0 Å². The lowest BCUT2D eigenvalue weighted by Gasteiger charge is -2.47. The first-order valence-corrected chi connectivity index (χ1v) is 15.3. The Morgan fingerprint density at radius 1 is 0.612 bits per heavy atom. The highest BCUT2D eigenvalue weighted by atomic mass is 16.8. The minimum Gasteiger partial charge on any atom is -0.394 e. The molecule has 0 aliphatic carbocycles. The predicted molar refractivity (Wildman–Crippen MR) is 147 cm³/mol. The fraction of sp³-hybridized carbons (Fsp3) is 0.962. The van der Waals surface area contributed by atoms with Gasteiger partial charge in [-0.05, 0) is 0 Å². The Kier molecular flexibility index (Phi) is 14.4. The number of hydrogen-bond donors (Lipinski definition) is 15. The summed E-state index contributed by atoms with van der Waals surface area (Å²) in [5, 5.41) is 144. The molecule has 23 nitrogen and oxygen atoms in total. The Bertz CT molecular complexity index is 1040. The molecule has 0 saturated carbocycles. The summed E-state index contributed by atoms with van der Waals surface area (Å²) in [5.74, 6) is -1.04. The number of carbonyl (C=O) groups excluding carboxylic acids is 1. The van der Waals surface area contributed by atoms with E-state index in [1.807, 2.05) is 0 Å². The van der Waals surface area contributed by atoms with Crippen molar-refractivity contribution < 1.29 is 109 Å². The van der Waals surface area contributed by atoms with Crippen LogP contribution in [-0.2, 0) is 38.0 Å². The van der Waals surface area contributed by atoms with E-state index in [9.17, 15) is 71.2 Å². The zero-order chi connectivity index (χ0) is 36.3. The molecule has 4 fully saturated rings. The summed E-state index contributed by atoms with van der Waals surface area (Å²) in [7, 11) is 0. The van der Waals surface area contributed by atoms with Crippen LogP contribution in [0.2, 0.25) is 0 Å². The molecule has 4 aliphatic heterocycles. The zero-order valence-corrected chi connectivity index (χ0v) is 25.6. The van der Waals surface area contributed by atoms with Crippen LogP contribution in [0.15, 0.2) is 0 Å². The number of nitrogens with one attached hydrogen (secondary N) is 1. The molecule has 4 aliphatic rings. The van der Waals surface area contributed by atoms with E-state index in [0.717, 1.165) is 0 Å². The molecule has 0 spiro atoms. The van der Waals surface area contributed by atoms with Crippen molar-refractivity contribution in [2.45, 2.75) is 123 Å². The topological polar surface area (TPSA) is 377 Å². The van der Waals surface area contributed by atoms with Crippen molar-refractivity contribution in [2.75, 3.05) is 33.0 Å². The average Bonchev–Trinajstić information content (AvgIpc) is 3.37. The van der Waals surface area contributed by atoms with Crippen LogP contribution >= 0.6 is 0 Å². The molecule has 23 heteroatoms. The fourth-order valence-electron chi connectivity index (χ4n) is 5.86. The molecule has 4 heterocycles. The Hall–Kier alpha value is -1.37. The molecule has 4 rings (SSSR count). The van der Waals surface area contributed by atoms with Gasteiger partial charge in [0.15, 0.2) is 25.2 Å². The van der Waals surface area contributed by atoms with Gasteiger partial charge >= 0.3 is 0 Å². The molecular weight excluding hydrogens is 678 g/mol. The largest absolute Gasteiger partial charge is 0.394 e. The van der Waals surface area contributed by atoms with Crippen LogP contribution in [0.5, 0.6) is 0 Å².